The maximum absolute atomic E-state index is 12.3. The molecule has 1 heterocycles. The van der Waals surface area contributed by atoms with E-state index in [9.17, 15) is 19.5 Å². The fourth-order valence-corrected chi connectivity index (χ4v) is 3.03. The van der Waals surface area contributed by atoms with Crippen molar-refractivity contribution in [3.63, 3.8) is 0 Å². The third kappa shape index (κ3) is 4.69. The van der Waals surface area contributed by atoms with E-state index in [1.165, 1.54) is 25.7 Å². The lowest BCUT2D eigenvalue weighted by Gasteiger charge is -2.32. The maximum Gasteiger partial charge on any atom is 0.308 e. The van der Waals surface area contributed by atoms with Crippen LogP contribution in [0.4, 0.5) is 0 Å². The number of allylic oxidation sites excluding steroid dienone is 1. The van der Waals surface area contributed by atoms with Crippen molar-refractivity contribution >= 4 is 29.4 Å². The predicted octanol–water partition coefficient (Wildman–Crippen LogP) is 2.93. The van der Waals surface area contributed by atoms with Crippen LogP contribution in [0.25, 0.3) is 6.08 Å². The van der Waals surface area contributed by atoms with Gasteiger partial charge in [-0.2, -0.15) is 0 Å². The molecule has 0 saturated heterocycles. The Balaban J connectivity index is 2.15. The smallest absolute Gasteiger partial charge is 0.308 e. The Labute approximate surface area is 157 Å². The Bertz CT molecular complexity index is 838. The van der Waals surface area contributed by atoms with E-state index in [1.54, 1.807) is 12.3 Å². The second kappa shape index (κ2) is 8.44. The fourth-order valence-electron chi connectivity index (χ4n) is 3.03. The number of nitrogens with zero attached hydrogens (tertiary/aromatic N) is 1. The summed E-state index contributed by atoms with van der Waals surface area (Å²) in [6.07, 6.45) is 3.33. The molecule has 0 spiro atoms. The molecule has 0 radical (unpaired) electrons. The zero-order chi connectivity index (χ0) is 20.1. The highest BCUT2D eigenvalue weighted by atomic mass is 16.5. The number of aliphatic hydroxyl groups excluding tert-OH is 1. The largest absolute Gasteiger partial charge is 0.508 e. The number of hydrogen-bond donors (Lipinski definition) is 2. The number of Topliss-reactive ketones (excluding diaryl/α,β-unsaturated/α-hetero) is 1. The van der Waals surface area contributed by atoms with Crippen molar-refractivity contribution in [1.29, 1.82) is 5.41 Å². The maximum atomic E-state index is 12.3. The molecule has 0 bridgehead atoms. The number of nitrogens with one attached hydrogen (secondary N) is 1. The van der Waals surface area contributed by atoms with Crippen LogP contribution in [0.2, 0.25) is 0 Å². The first kappa shape index (κ1) is 20.1. The van der Waals surface area contributed by atoms with Crippen LogP contribution in [0.5, 0.6) is 0 Å². The molecule has 0 aromatic heterocycles. The first-order valence-electron chi connectivity index (χ1n) is 8.42. The van der Waals surface area contributed by atoms with E-state index in [4.69, 9.17) is 10.1 Å². The zero-order valence-electron chi connectivity index (χ0n) is 15.5. The summed E-state index contributed by atoms with van der Waals surface area (Å²) in [5.41, 5.74) is 1.46. The fraction of sp³-hybridized carbons (Fsp3) is 0.300. The summed E-state index contributed by atoms with van der Waals surface area (Å²) in [5, 5.41) is 17.5. The lowest BCUT2D eigenvalue weighted by atomic mass is 9.94. The summed E-state index contributed by atoms with van der Waals surface area (Å²) in [6.45, 7) is 3.50. The van der Waals surface area contributed by atoms with Crippen molar-refractivity contribution in [2.45, 2.75) is 33.2 Å². The summed E-state index contributed by atoms with van der Waals surface area (Å²) >= 11 is 0. The SMILES string of the molecule is CC(=N)/C(C(C)=O)=C(\O)COC(=O)CC1c2ccccc2C=CN1C(C)=O. The van der Waals surface area contributed by atoms with Crippen LogP contribution >= 0.6 is 0 Å². The topological polar surface area (TPSA) is 108 Å². The van der Waals surface area contributed by atoms with Gasteiger partial charge in [0.25, 0.3) is 0 Å². The summed E-state index contributed by atoms with van der Waals surface area (Å²) < 4.78 is 5.07. The van der Waals surface area contributed by atoms with E-state index in [0.717, 1.165) is 11.1 Å². The van der Waals surface area contributed by atoms with Gasteiger partial charge >= 0.3 is 5.97 Å². The minimum atomic E-state index is -0.631. The standard InChI is InChI=1S/C20H22N2O5/c1-12(21)20(13(2)23)18(25)11-27-19(26)10-17-16-7-5-4-6-15(16)8-9-22(17)14(3)24/h4-9,17,21,25H,10-11H2,1-3H3/b20-18+,21-12?. The summed E-state index contributed by atoms with van der Waals surface area (Å²) in [7, 11) is 0. The number of aliphatic hydroxyl groups is 1. The Morgan fingerprint density at radius 1 is 1.19 bits per heavy atom. The van der Waals surface area contributed by atoms with Crippen molar-refractivity contribution in [3.05, 3.63) is 52.9 Å². The first-order valence-corrected chi connectivity index (χ1v) is 8.42. The van der Waals surface area contributed by atoms with Crippen LogP contribution in [-0.2, 0) is 19.1 Å². The van der Waals surface area contributed by atoms with E-state index in [-0.39, 0.29) is 23.6 Å². The molecule has 2 rings (SSSR count). The van der Waals surface area contributed by atoms with Gasteiger partial charge in [0.2, 0.25) is 5.91 Å². The van der Waals surface area contributed by atoms with Gasteiger partial charge in [-0.15, -0.1) is 0 Å². The van der Waals surface area contributed by atoms with Crippen LogP contribution in [0.15, 0.2) is 41.8 Å². The number of carbonyl (C=O) groups is 3. The summed E-state index contributed by atoms with van der Waals surface area (Å²) in [4.78, 5) is 37.2. The number of ether oxygens (including phenoxy) is 1. The summed E-state index contributed by atoms with van der Waals surface area (Å²) in [6, 6.07) is 6.92. The average Bonchev–Trinajstić information content (AvgIpc) is 2.59. The number of esters is 1. The quantitative estimate of drug-likeness (QED) is 0.346. The lowest BCUT2D eigenvalue weighted by molar-refractivity contribution is -0.145. The lowest BCUT2D eigenvalue weighted by Crippen LogP contribution is -2.32. The van der Waals surface area contributed by atoms with Gasteiger partial charge in [-0.05, 0) is 31.1 Å². The van der Waals surface area contributed by atoms with E-state index >= 15 is 0 Å². The number of hydrogen-bond acceptors (Lipinski definition) is 6. The Morgan fingerprint density at radius 2 is 1.85 bits per heavy atom. The summed E-state index contributed by atoms with van der Waals surface area (Å²) in [5.74, 6) is -1.78. The number of fused-ring (bicyclic) bond motifs is 1. The third-order valence-electron chi connectivity index (χ3n) is 4.21. The van der Waals surface area contributed by atoms with E-state index < -0.39 is 30.2 Å². The second-order valence-corrected chi connectivity index (χ2v) is 6.25. The second-order valence-electron chi connectivity index (χ2n) is 6.25. The Hall–Kier alpha value is -3.22. The molecule has 1 aliphatic heterocycles. The highest BCUT2D eigenvalue weighted by molar-refractivity contribution is 6.19. The minimum Gasteiger partial charge on any atom is -0.508 e. The minimum absolute atomic E-state index is 0.104. The van der Waals surface area contributed by atoms with Crippen LogP contribution in [0, 0.1) is 5.41 Å². The molecule has 27 heavy (non-hydrogen) atoms. The van der Waals surface area contributed by atoms with Crippen LogP contribution in [-0.4, -0.2) is 40.0 Å². The highest BCUT2D eigenvalue weighted by Gasteiger charge is 2.29. The van der Waals surface area contributed by atoms with E-state index in [1.807, 2.05) is 24.3 Å². The molecule has 1 unspecified atom stereocenters. The van der Waals surface area contributed by atoms with Crippen molar-refractivity contribution in [3.8, 4) is 0 Å². The molecule has 7 heteroatoms. The molecule has 7 nitrogen and oxygen atoms in total. The number of amides is 1. The third-order valence-corrected chi connectivity index (χ3v) is 4.21. The first-order chi connectivity index (χ1) is 12.7. The van der Waals surface area contributed by atoms with Gasteiger partial charge in [0.1, 0.15) is 12.4 Å². The van der Waals surface area contributed by atoms with Crippen LogP contribution < -0.4 is 0 Å². The molecule has 1 amide bonds. The highest BCUT2D eigenvalue weighted by Crippen LogP contribution is 2.33. The molecular formula is C20H22N2O5. The number of benzene rings is 1. The molecule has 1 aromatic carbocycles. The Morgan fingerprint density at radius 3 is 2.44 bits per heavy atom. The van der Waals surface area contributed by atoms with Crippen molar-refractivity contribution in [2.24, 2.45) is 0 Å². The predicted molar refractivity (Wildman–Crippen MR) is 100 cm³/mol. The molecule has 0 saturated carbocycles. The van der Waals surface area contributed by atoms with Gasteiger partial charge in [-0.25, -0.2) is 0 Å². The molecule has 1 aliphatic rings. The molecule has 0 aliphatic carbocycles. The zero-order valence-corrected chi connectivity index (χ0v) is 15.5. The molecule has 2 N–H and O–H groups in total. The van der Waals surface area contributed by atoms with Crippen LogP contribution in [0.3, 0.4) is 0 Å². The molecule has 142 valence electrons. The average molecular weight is 370 g/mol. The normalized spacial score (nSPS) is 16.3. The number of carbonyl (C=O) groups excluding carboxylic acids is 3. The molecule has 1 atom stereocenters. The molecule has 0 fully saturated rings. The van der Waals surface area contributed by atoms with Crippen LogP contribution in [0.1, 0.15) is 44.4 Å². The number of ketones is 1. The van der Waals surface area contributed by atoms with Gasteiger partial charge < -0.3 is 20.2 Å². The van der Waals surface area contributed by atoms with Gasteiger partial charge in [-0.1, -0.05) is 24.3 Å². The van der Waals surface area contributed by atoms with E-state index in [0.29, 0.717) is 0 Å². The van der Waals surface area contributed by atoms with Crippen molar-refractivity contribution in [2.75, 3.05) is 6.61 Å². The monoisotopic (exact) mass is 370 g/mol. The van der Waals surface area contributed by atoms with Crippen molar-refractivity contribution in [1.82, 2.24) is 4.90 Å². The van der Waals surface area contributed by atoms with Gasteiger partial charge in [0.15, 0.2) is 5.78 Å². The molecular weight excluding hydrogens is 348 g/mol. The Kier molecular flexibility index (Phi) is 6.28. The number of rotatable bonds is 6. The van der Waals surface area contributed by atoms with Crippen molar-refractivity contribution < 1.29 is 24.2 Å². The molecule has 1 aromatic rings. The van der Waals surface area contributed by atoms with Gasteiger partial charge in [0.05, 0.1) is 18.0 Å². The van der Waals surface area contributed by atoms with E-state index in [2.05, 4.69) is 0 Å². The van der Waals surface area contributed by atoms with Gasteiger partial charge in [-0.3, -0.25) is 14.4 Å². The van der Waals surface area contributed by atoms with Gasteiger partial charge in [0, 0.05) is 18.8 Å².